The minimum absolute atomic E-state index is 0.0594. The monoisotopic (exact) mass is 589 g/mol. The minimum Gasteiger partial charge on any atom is -0.496 e. The van der Waals surface area contributed by atoms with Gasteiger partial charge in [-0.1, -0.05) is 55.8 Å². The van der Waals surface area contributed by atoms with Crippen LogP contribution in [0.4, 0.5) is 0 Å². The number of sulfonamides is 1. The number of hydrogen-bond donors (Lipinski definition) is 1. The first-order valence-corrected chi connectivity index (χ1v) is 15.6. The molecular weight excluding hydrogens is 550 g/mol. The first-order valence-electron chi connectivity index (χ1n) is 14.2. The van der Waals surface area contributed by atoms with E-state index in [9.17, 15) is 18.0 Å². The van der Waals surface area contributed by atoms with Gasteiger partial charge < -0.3 is 14.2 Å². The van der Waals surface area contributed by atoms with Crippen molar-refractivity contribution in [1.29, 1.82) is 0 Å². The summed E-state index contributed by atoms with van der Waals surface area (Å²) < 4.78 is 35.9. The summed E-state index contributed by atoms with van der Waals surface area (Å²) in [5.41, 5.74) is 5.17. The standard InChI is InChI=1S/C33H39N3O5S/c1-6-12-26-27-14-8-9-15-28(27)36(29(26)16-11-18-32(37)35(3)4)22-25-20-19-24(21-30(25)41-5)33(38)34-42(39,40)31-17-10-7-13-23(31)2/h7-10,13-15,17,19-21H,6,11-12,16,18,22H2,1-5H3,(H,34,38). The molecule has 0 saturated heterocycles. The number of aryl methyl sites for hydroxylation is 2. The van der Waals surface area contributed by atoms with E-state index < -0.39 is 15.9 Å². The fourth-order valence-electron chi connectivity index (χ4n) is 5.33. The molecule has 0 aliphatic rings. The van der Waals surface area contributed by atoms with Crippen LogP contribution in [0.2, 0.25) is 0 Å². The lowest BCUT2D eigenvalue weighted by Crippen LogP contribution is -2.31. The van der Waals surface area contributed by atoms with E-state index in [1.807, 2.05) is 18.2 Å². The average Bonchev–Trinajstić information content (AvgIpc) is 3.25. The Labute approximate surface area is 248 Å². The van der Waals surface area contributed by atoms with Crippen molar-refractivity contribution in [1.82, 2.24) is 14.2 Å². The summed E-state index contributed by atoms with van der Waals surface area (Å²) in [7, 11) is 1.04. The SMILES string of the molecule is CCCc1c(CCCC(=O)N(C)C)n(Cc2ccc(C(=O)NS(=O)(=O)c3ccccc3C)cc2OC)c2ccccc12. The molecule has 3 aromatic carbocycles. The van der Waals surface area contributed by atoms with Crippen LogP contribution in [0.15, 0.2) is 71.6 Å². The number of carbonyl (C=O) groups is 2. The number of para-hydroxylation sites is 1. The number of aromatic nitrogens is 1. The fraction of sp³-hybridized carbons (Fsp3) is 0.333. The molecule has 9 heteroatoms. The first-order chi connectivity index (χ1) is 20.1. The van der Waals surface area contributed by atoms with Gasteiger partial charge in [0.25, 0.3) is 15.9 Å². The minimum atomic E-state index is -4.04. The van der Waals surface area contributed by atoms with E-state index in [-0.39, 0.29) is 16.4 Å². The summed E-state index contributed by atoms with van der Waals surface area (Å²) in [5, 5.41) is 1.20. The average molecular weight is 590 g/mol. The van der Waals surface area contributed by atoms with Gasteiger partial charge in [-0.25, -0.2) is 13.1 Å². The van der Waals surface area contributed by atoms with Crippen molar-refractivity contribution in [2.45, 2.75) is 57.4 Å². The molecule has 0 spiro atoms. The summed E-state index contributed by atoms with van der Waals surface area (Å²) in [4.78, 5) is 27.0. The van der Waals surface area contributed by atoms with Gasteiger partial charge >= 0.3 is 0 Å². The van der Waals surface area contributed by atoms with Gasteiger partial charge in [-0.2, -0.15) is 0 Å². The van der Waals surface area contributed by atoms with E-state index in [0.717, 1.165) is 36.8 Å². The molecular formula is C33H39N3O5S. The smallest absolute Gasteiger partial charge is 0.265 e. The molecule has 0 radical (unpaired) electrons. The van der Waals surface area contributed by atoms with Crippen LogP contribution in [-0.2, 0) is 34.2 Å². The van der Waals surface area contributed by atoms with Gasteiger partial charge in [0.1, 0.15) is 5.75 Å². The number of amides is 2. The molecule has 4 aromatic rings. The number of hydrogen-bond acceptors (Lipinski definition) is 5. The van der Waals surface area contributed by atoms with Crippen LogP contribution >= 0.6 is 0 Å². The molecule has 0 aliphatic carbocycles. The second-order valence-corrected chi connectivity index (χ2v) is 12.3. The van der Waals surface area contributed by atoms with Gasteiger partial charge in [-0.3, -0.25) is 9.59 Å². The summed E-state index contributed by atoms with van der Waals surface area (Å²) in [6.07, 6.45) is 3.88. The van der Waals surface area contributed by atoms with E-state index in [1.165, 1.54) is 29.8 Å². The summed E-state index contributed by atoms with van der Waals surface area (Å²) in [6.45, 7) is 4.34. The Morgan fingerprint density at radius 2 is 1.69 bits per heavy atom. The highest BCUT2D eigenvalue weighted by Gasteiger charge is 2.22. The number of carbonyl (C=O) groups excluding carboxylic acids is 2. The largest absolute Gasteiger partial charge is 0.496 e. The topological polar surface area (TPSA) is 97.7 Å². The number of nitrogens with zero attached hydrogens (tertiary/aromatic N) is 2. The van der Waals surface area contributed by atoms with Gasteiger partial charge in [0.05, 0.1) is 18.6 Å². The number of benzene rings is 3. The summed E-state index contributed by atoms with van der Waals surface area (Å²) in [5.74, 6) is -0.139. The first kappa shape index (κ1) is 30.8. The molecule has 0 aliphatic heterocycles. The van der Waals surface area contributed by atoms with E-state index in [0.29, 0.717) is 24.3 Å². The maximum Gasteiger partial charge on any atom is 0.265 e. The van der Waals surface area contributed by atoms with E-state index in [2.05, 4.69) is 28.3 Å². The molecule has 0 saturated carbocycles. The van der Waals surface area contributed by atoms with Gasteiger partial charge in [0, 0.05) is 48.2 Å². The lowest BCUT2D eigenvalue weighted by molar-refractivity contribution is -0.128. The number of rotatable bonds is 12. The Bertz CT molecular complexity index is 1710. The molecule has 2 amide bonds. The highest BCUT2D eigenvalue weighted by Crippen LogP contribution is 2.32. The van der Waals surface area contributed by atoms with Crippen molar-refractivity contribution in [3.8, 4) is 5.75 Å². The maximum absolute atomic E-state index is 13.0. The number of ether oxygens (including phenoxy) is 1. The van der Waals surface area contributed by atoms with Crippen molar-refractivity contribution >= 4 is 32.7 Å². The van der Waals surface area contributed by atoms with Gasteiger partial charge in [0.15, 0.2) is 0 Å². The molecule has 0 unspecified atom stereocenters. The Morgan fingerprint density at radius 3 is 2.38 bits per heavy atom. The zero-order valence-corrected chi connectivity index (χ0v) is 25.8. The van der Waals surface area contributed by atoms with Crippen molar-refractivity contribution in [3.05, 3.63) is 94.7 Å². The molecule has 4 rings (SSSR count). The Hall–Kier alpha value is -4.11. The fourth-order valence-corrected chi connectivity index (χ4v) is 6.56. The van der Waals surface area contributed by atoms with Crippen LogP contribution in [0.3, 0.4) is 0 Å². The number of methoxy groups -OCH3 is 1. The summed E-state index contributed by atoms with van der Waals surface area (Å²) in [6, 6.07) is 19.8. The number of fused-ring (bicyclic) bond motifs is 1. The van der Waals surface area contributed by atoms with Crippen LogP contribution in [-0.4, -0.2) is 50.9 Å². The zero-order valence-electron chi connectivity index (χ0n) is 24.9. The van der Waals surface area contributed by atoms with Crippen LogP contribution in [0.5, 0.6) is 5.75 Å². The molecule has 42 heavy (non-hydrogen) atoms. The van der Waals surface area contributed by atoms with Crippen molar-refractivity contribution in [2.24, 2.45) is 0 Å². The molecule has 1 aromatic heterocycles. The molecule has 8 nitrogen and oxygen atoms in total. The number of nitrogens with one attached hydrogen (secondary N) is 1. The third kappa shape index (κ3) is 6.68. The highest BCUT2D eigenvalue weighted by atomic mass is 32.2. The molecule has 0 bridgehead atoms. The second kappa shape index (κ2) is 13.2. The van der Waals surface area contributed by atoms with Crippen LogP contribution in [0, 0.1) is 6.92 Å². The predicted molar refractivity (Wildman–Crippen MR) is 165 cm³/mol. The van der Waals surface area contributed by atoms with Crippen LogP contribution in [0.1, 0.15) is 58.9 Å². The highest BCUT2D eigenvalue weighted by molar-refractivity contribution is 7.90. The third-order valence-electron chi connectivity index (χ3n) is 7.49. The Morgan fingerprint density at radius 1 is 0.976 bits per heavy atom. The molecule has 0 atom stereocenters. The predicted octanol–water partition coefficient (Wildman–Crippen LogP) is 5.49. The molecule has 0 fully saturated rings. The van der Waals surface area contributed by atoms with Crippen LogP contribution in [0.25, 0.3) is 10.9 Å². The van der Waals surface area contributed by atoms with E-state index >= 15 is 0 Å². The molecule has 222 valence electrons. The van der Waals surface area contributed by atoms with Crippen molar-refractivity contribution < 1.29 is 22.7 Å². The van der Waals surface area contributed by atoms with E-state index in [1.54, 1.807) is 56.3 Å². The molecule has 1 N–H and O–H groups in total. The lowest BCUT2D eigenvalue weighted by atomic mass is 10.0. The normalized spacial score (nSPS) is 11.5. The van der Waals surface area contributed by atoms with Gasteiger partial charge in [0.2, 0.25) is 5.91 Å². The van der Waals surface area contributed by atoms with Gasteiger partial charge in [-0.15, -0.1) is 0 Å². The third-order valence-corrected chi connectivity index (χ3v) is 8.98. The van der Waals surface area contributed by atoms with Crippen LogP contribution < -0.4 is 9.46 Å². The lowest BCUT2D eigenvalue weighted by Gasteiger charge is -2.16. The summed E-state index contributed by atoms with van der Waals surface area (Å²) >= 11 is 0. The second-order valence-electron chi connectivity index (χ2n) is 10.6. The van der Waals surface area contributed by atoms with Crippen molar-refractivity contribution in [3.63, 3.8) is 0 Å². The van der Waals surface area contributed by atoms with Gasteiger partial charge in [-0.05, 0) is 61.6 Å². The zero-order chi connectivity index (χ0) is 30.4. The quantitative estimate of drug-likeness (QED) is 0.236. The van der Waals surface area contributed by atoms with Crippen molar-refractivity contribution in [2.75, 3.05) is 21.2 Å². The Balaban J connectivity index is 1.66. The molecule has 1 heterocycles. The maximum atomic E-state index is 13.0. The Kier molecular flexibility index (Phi) is 9.73. The van der Waals surface area contributed by atoms with E-state index in [4.69, 9.17) is 4.74 Å².